The summed E-state index contributed by atoms with van der Waals surface area (Å²) in [7, 11) is 0. The second-order valence-electron chi connectivity index (χ2n) is 1.53. The van der Waals surface area contributed by atoms with Crippen LogP contribution in [0.1, 0.15) is 10.4 Å². The molecule has 0 aliphatic heterocycles. The second kappa shape index (κ2) is 4.22. The summed E-state index contributed by atoms with van der Waals surface area (Å²) < 4.78 is 0. The SMILES string of the molecule is O=Cc1ccccc1.[PH5]. The minimum absolute atomic E-state index is 0. The molecule has 0 N–H and O–H groups in total. The monoisotopic (exact) mass is 142 g/mol. The molecule has 0 radical (unpaired) electrons. The van der Waals surface area contributed by atoms with Crippen LogP contribution in [-0.2, 0) is 0 Å². The molecule has 0 fully saturated rings. The molecule has 0 aromatic heterocycles. The first kappa shape index (κ1) is 8.32. The molecule has 0 aliphatic rings. The van der Waals surface area contributed by atoms with Crippen LogP contribution in [0, 0.1) is 0 Å². The summed E-state index contributed by atoms with van der Waals surface area (Å²) in [5.74, 6) is 0. The Labute approximate surface area is 57.7 Å². The normalized spacial score (nSPS) is 7.56. The van der Waals surface area contributed by atoms with Gasteiger partial charge in [0.25, 0.3) is 0 Å². The Hall–Kier alpha value is -0.680. The molecule has 0 heterocycles. The third-order valence-corrected chi connectivity index (χ3v) is 0.936. The van der Waals surface area contributed by atoms with Gasteiger partial charge in [-0.25, -0.2) is 0 Å². The van der Waals surface area contributed by atoms with Crippen molar-refractivity contribution in [3.63, 3.8) is 0 Å². The summed E-state index contributed by atoms with van der Waals surface area (Å²) in [6.07, 6.45) is 0.833. The molecule has 0 saturated carbocycles. The molecule has 0 aliphatic carbocycles. The maximum atomic E-state index is 10.0. The zero-order chi connectivity index (χ0) is 5.82. The Bertz CT molecular complexity index is 172. The molecule has 1 rings (SSSR count). The van der Waals surface area contributed by atoms with Crippen molar-refractivity contribution in [1.29, 1.82) is 0 Å². The van der Waals surface area contributed by atoms with Crippen LogP contribution in [0.2, 0.25) is 0 Å². The Morgan fingerprint density at radius 2 is 1.67 bits per heavy atom. The first-order valence-electron chi connectivity index (χ1n) is 2.44. The van der Waals surface area contributed by atoms with Crippen LogP contribution < -0.4 is 0 Å². The number of benzene rings is 1. The quantitative estimate of drug-likeness (QED) is 0.422. The van der Waals surface area contributed by atoms with Crippen molar-refractivity contribution in [2.45, 2.75) is 0 Å². The molecular formula is C7H11OP. The molecule has 0 bridgehead atoms. The topological polar surface area (TPSA) is 17.1 Å². The molecule has 0 spiro atoms. The molecule has 0 amide bonds. The van der Waals surface area contributed by atoms with Crippen LogP contribution in [0.15, 0.2) is 30.3 Å². The van der Waals surface area contributed by atoms with E-state index in [-0.39, 0.29) is 9.90 Å². The first-order chi connectivity index (χ1) is 3.93. The van der Waals surface area contributed by atoms with Crippen molar-refractivity contribution in [2.24, 2.45) is 0 Å². The van der Waals surface area contributed by atoms with E-state index in [2.05, 4.69) is 0 Å². The van der Waals surface area contributed by atoms with E-state index in [0.29, 0.717) is 0 Å². The zero-order valence-corrected chi connectivity index (χ0v) is 4.37. The van der Waals surface area contributed by atoms with Gasteiger partial charge >= 0.3 is 9.90 Å². The molecular weight excluding hydrogens is 131 g/mol. The van der Waals surface area contributed by atoms with Crippen LogP contribution in [0.5, 0.6) is 0 Å². The molecule has 1 aromatic rings. The van der Waals surface area contributed by atoms with Crippen molar-refractivity contribution < 1.29 is 4.79 Å². The average Bonchev–Trinajstić information content (AvgIpc) is 1.90. The van der Waals surface area contributed by atoms with E-state index in [9.17, 15) is 4.79 Å². The number of carbonyl (C=O) groups excluding carboxylic acids is 1. The van der Waals surface area contributed by atoms with Gasteiger partial charge in [-0.2, -0.15) is 0 Å². The van der Waals surface area contributed by atoms with Gasteiger partial charge in [-0.15, -0.1) is 0 Å². The molecule has 9 heavy (non-hydrogen) atoms. The third kappa shape index (κ3) is 2.39. The van der Waals surface area contributed by atoms with E-state index in [4.69, 9.17) is 0 Å². The molecule has 2 heteroatoms. The molecule has 0 atom stereocenters. The Kier molecular flexibility index (Phi) is 3.90. The summed E-state index contributed by atoms with van der Waals surface area (Å²) in [6, 6.07) is 9.10. The summed E-state index contributed by atoms with van der Waals surface area (Å²) in [5, 5.41) is 0. The van der Waals surface area contributed by atoms with Crippen molar-refractivity contribution in [1.82, 2.24) is 0 Å². The van der Waals surface area contributed by atoms with Crippen molar-refractivity contribution in [3.8, 4) is 0 Å². The van der Waals surface area contributed by atoms with Gasteiger partial charge in [0.15, 0.2) is 0 Å². The van der Waals surface area contributed by atoms with Crippen LogP contribution in [0.3, 0.4) is 0 Å². The molecule has 1 aromatic carbocycles. The van der Waals surface area contributed by atoms with Gasteiger partial charge in [-0.05, 0) is 0 Å². The van der Waals surface area contributed by atoms with Crippen molar-refractivity contribution in [3.05, 3.63) is 35.9 Å². The van der Waals surface area contributed by atoms with E-state index in [0.717, 1.165) is 11.8 Å². The van der Waals surface area contributed by atoms with Gasteiger partial charge in [-0.1, -0.05) is 30.3 Å². The Morgan fingerprint density at radius 1 is 1.11 bits per heavy atom. The Balaban J connectivity index is 0.000000640. The Morgan fingerprint density at radius 3 is 2.00 bits per heavy atom. The maximum absolute atomic E-state index is 10.0. The standard InChI is InChI=1S/C7H6O.H5P/c8-6-7-4-2-1-3-5-7;/h1-6H;1H5. The molecule has 0 saturated heterocycles. The molecule has 1 nitrogen and oxygen atoms in total. The fraction of sp³-hybridized carbons (Fsp3) is 0. The molecule has 50 valence electrons. The molecule has 0 unspecified atom stereocenters. The number of hydrogen-bond acceptors (Lipinski definition) is 1. The van der Waals surface area contributed by atoms with Crippen LogP contribution in [0.4, 0.5) is 0 Å². The van der Waals surface area contributed by atoms with E-state index in [1.807, 2.05) is 18.2 Å². The predicted octanol–water partition coefficient (Wildman–Crippen LogP) is 1.02. The number of carbonyl (C=O) groups is 1. The number of aldehydes is 1. The summed E-state index contributed by atoms with van der Waals surface area (Å²) in [5.41, 5.74) is 0.729. The van der Waals surface area contributed by atoms with Gasteiger partial charge in [0.1, 0.15) is 6.29 Å². The van der Waals surface area contributed by atoms with E-state index < -0.39 is 0 Å². The zero-order valence-electron chi connectivity index (χ0n) is 4.37. The van der Waals surface area contributed by atoms with Crippen LogP contribution >= 0.6 is 9.90 Å². The van der Waals surface area contributed by atoms with Gasteiger partial charge in [0, 0.05) is 5.56 Å². The average molecular weight is 142 g/mol. The third-order valence-electron chi connectivity index (χ3n) is 0.936. The predicted molar refractivity (Wildman–Crippen MR) is 45.7 cm³/mol. The van der Waals surface area contributed by atoms with Gasteiger partial charge in [-0.3, -0.25) is 4.79 Å². The van der Waals surface area contributed by atoms with E-state index >= 15 is 0 Å². The number of rotatable bonds is 1. The minimum atomic E-state index is 0. The summed E-state index contributed by atoms with van der Waals surface area (Å²) >= 11 is 0. The fourth-order valence-electron chi connectivity index (χ4n) is 0.532. The summed E-state index contributed by atoms with van der Waals surface area (Å²) in [6.45, 7) is 0. The number of hydrogen-bond donors (Lipinski definition) is 0. The van der Waals surface area contributed by atoms with Crippen LogP contribution in [-0.4, -0.2) is 6.29 Å². The van der Waals surface area contributed by atoms with Crippen LogP contribution in [0.25, 0.3) is 0 Å². The first-order valence-corrected chi connectivity index (χ1v) is 2.44. The van der Waals surface area contributed by atoms with Crippen molar-refractivity contribution in [2.75, 3.05) is 0 Å². The van der Waals surface area contributed by atoms with Gasteiger partial charge in [0.2, 0.25) is 0 Å². The summed E-state index contributed by atoms with van der Waals surface area (Å²) in [4.78, 5) is 10.0. The van der Waals surface area contributed by atoms with Gasteiger partial charge in [0.05, 0.1) is 0 Å². The van der Waals surface area contributed by atoms with Gasteiger partial charge < -0.3 is 0 Å². The van der Waals surface area contributed by atoms with E-state index in [1.54, 1.807) is 12.1 Å². The van der Waals surface area contributed by atoms with E-state index in [1.165, 1.54) is 0 Å². The fourth-order valence-corrected chi connectivity index (χ4v) is 0.532. The van der Waals surface area contributed by atoms with Crippen molar-refractivity contribution >= 4 is 16.2 Å². The second-order valence-corrected chi connectivity index (χ2v) is 1.53.